The molecule has 0 amide bonds. The molecule has 4 heteroatoms. The molecule has 1 aromatic carbocycles. The fourth-order valence-corrected chi connectivity index (χ4v) is 1.41. The van der Waals surface area contributed by atoms with Crippen LogP contribution in [0.25, 0.3) is 0 Å². The second kappa shape index (κ2) is 3.77. The molecule has 0 aliphatic heterocycles. The van der Waals surface area contributed by atoms with E-state index in [0.29, 0.717) is 5.56 Å². The Labute approximate surface area is 81.1 Å². The Kier molecular flexibility index (Phi) is 2.90. The zero-order valence-corrected chi connectivity index (χ0v) is 7.88. The number of nitrogens with two attached hydrogens (primary N) is 1. The SMILES string of the molecule is C[C@H](N)c1cccc(Cl)c1C(=O)O. The lowest BCUT2D eigenvalue weighted by atomic mass is 10.0. The fraction of sp³-hybridized carbons (Fsp3) is 0.222. The molecule has 13 heavy (non-hydrogen) atoms. The van der Waals surface area contributed by atoms with E-state index in [1.165, 1.54) is 6.07 Å². The number of hydrogen-bond donors (Lipinski definition) is 2. The third-order valence-corrected chi connectivity index (χ3v) is 2.07. The van der Waals surface area contributed by atoms with Crippen LogP contribution in [0.15, 0.2) is 18.2 Å². The molecular formula is C9H10ClNO2. The number of benzene rings is 1. The standard InChI is InChI=1S/C9H10ClNO2/c1-5(11)6-3-2-4-7(10)8(6)9(12)13/h2-5H,11H2,1H3,(H,12,13)/t5-/m0/s1. The highest BCUT2D eigenvalue weighted by molar-refractivity contribution is 6.33. The second-order valence-electron chi connectivity index (χ2n) is 2.80. The number of halogens is 1. The topological polar surface area (TPSA) is 63.3 Å². The first-order valence-corrected chi connectivity index (χ1v) is 4.19. The molecule has 0 unspecified atom stereocenters. The normalized spacial score (nSPS) is 12.5. The van der Waals surface area contributed by atoms with Gasteiger partial charge in [0.15, 0.2) is 0 Å². The van der Waals surface area contributed by atoms with Gasteiger partial charge in [-0.05, 0) is 18.6 Å². The molecule has 0 fully saturated rings. The van der Waals surface area contributed by atoms with Gasteiger partial charge in [-0.25, -0.2) is 4.79 Å². The van der Waals surface area contributed by atoms with Crippen molar-refractivity contribution in [2.75, 3.05) is 0 Å². The van der Waals surface area contributed by atoms with Crippen molar-refractivity contribution in [1.82, 2.24) is 0 Å². The van der Waals surface area contributed by atoms with E-state index in [9.17, 15) is 4.79 Å². The van der Waals surface area contributed by atoms with Gasteiger partial charge in [-0.3, -0.25) is 0 Å². The van der Waals surface area contributed by atoms with Gasteiger partial charge >= 0.3 is 5.97 Å². The van der Waals surface area contributed by atoms with E-state index in [1.54, 1.807) is 19.1 Å². The smallest absolute Gasteiger partial charge is 0.337 e. The zero-order chi connectivity index (χ0) is 10.0. The molecule has 0 saturated heterocycles. The maximum absolute atomic E-state index is 10.8. The first kappa shape index (κ1) is 10.0. The molecule has 3 N–H and O–H groups in total. The Hall–Kier alpha value is -1.06. The van der Waals surface area contributed by atoms with Gasteiger partial charge in [0.05, 0.1) is 10.6 Å². The van der Waals surface area contributed by atoms with Crippen LogP contribution in [0, 0.1) is 0 Å². The molecule has 0 aliphatic rings. The molecule has 1 aromatic rings. The van der Waals surface area contributed by atoms with Crippen LogP contribution in [0.2, 0.25) is 5.02 Å². The van der Waals surface area contributed by atoms with Crippen LogP contribution in [0.1, 0.15) is 28.9 Å². The summed E-state index contributed by atoms with van der Waals surface area (Å²) in [5, 5.41) is 9.08. The van der Waals surface area contributed by atoms with E-state index in [4.69, 9.17) is 22.4 Å². The van der Waals surface area contributed by atoms with Crippen LogP contribution in [0.3, 0.4) is 0 Å². The van der Waals surface area contributed by atoms with Crippen molar-refractivity contribution >= 4 is 17.6 Å². The summed E-state index contributed by atoms with van der Waals surface area (Å²) in [6.07, 6.45) is 0. The van der Waals surface area contributed by atoms with Gasteiger partial charge in [-0.15, -0.1) is 0 Å². The molecular weight excluding hydrogens is 190 g/mol. The van der Waals surface area contributed by atoms with Gasteiger partial charge in [0.1, 0.15) is 0 Å². The second-order valence-corrected chi connectivity index (χ2v) is 3.21. The maximum Gasteiger partial charge on any atom is 0.337 e. The zero-order valence-electron chi connectivity index (χ0n) is 7.12. The molecule has 0 heterocycles. The number of aromatic carboxylic acids is 1. The summed E-state index contributed by atoms with van der Waals surface area (Å²) in [7, 11) is 0. The van der Waals surface area contributed by atoms with Crippen LogP contribution < -0.4 is 5.73 Å². The number of carboxylic acid groups (broad SMARTS) is 1. The van der Waals surface area contributed by atoms with Gasteiger partial charge < -0.3 is 10.8 Å². The lowest BCUT2D eigenvalue weighted by Crippen LogP contribution is -2.12. The summed E-state index contributed by atoms with van der Waals surface area (Å²) in [4.78, 5) is 10.8. The van der Waals surface area contributed by atoms with E-state index in [-0.39, 0.29) is 16.6 Å². The first-order valence-electron chi connectivity index (χ1n) is 3.81. The average molecular weight is 200 g/mol. The van der Waals surface area contributed by atoms with Gasteiger partial charge in [-0.1, -0.05) is 23.7 Å². The molecule has 1 rings (SSSR count). The minimum absolute atomic E-state index is 0.0965. The maximum atomic E-state index is 10.8. The number of rotatable bonds is 2. The van der Waals surface area contributed by atoms with E-state index >= 15 is 0 Å². The Balaban J connectivity index is 3.34. The van der Waals surface area contributed by atoms with Gasteiger partial charge in [0.25, 0.3) is 0 Å². The predicted octanol–water partition coefficient (Wildman–Crippen LogP) is 2.06. The summed E-state index contributed by atoms with van der Waals surface area (Å²) in [6, 6.07) is 4.56. The molecule has 1 atom stereocenters. The minimum atomic E-state index is -1.04. The monoisotopic (exact) mass is 199 g/mol. The number of carbonyl (C=O) groups is 1. The summed E-state index contributed by atoms with van der Waals surface area (Å²) in [5.41, 5.74) is 6.25. The van der Waals surface area contributed by atoms with E-state index in [1.807, 2.05) is 0 Å². The summed E-state index contributed by atoms with van der Waals surface area (Å²) < 4.78 is 0. The van der Waals surface area contributed by atoms with E-state index in [2.05, 4.69) is 0 Å². The molecule has 0 bridgehead atoms. The molecule has 0 aliphatic carbocycles. The van der Waals surface area contributed by atoms with Crippen molar-refractivity contribution in [3.63, 3.8) is 0 Å². The lowest BCUT2D eigenvalue weighted by molar-refractivity contribution is 0.0695. The number of hydrogen-bond acceptors (Lipinski definition) is 2. The summed E-state index contributed by atoms with van der Waals surface area (Å²) in [5.74, 6) is -1.04. The van der Waals surface area contributed by atoms with Crippen molar-refractivity contribution in [3.8, 4) is 0 Å². The Morgan fingerprint density at radius 1 is 1.62 bits per heavy atom. The van der Waals surface area contributed by atoms with Crippen LogP contribution in [-0.4, -0.2) is 11.1 Å². The van der Waals surface area contributed by atoms with Crippen LogP contribution in [0.5, 0.6) is 0 Å². The number of carboxylic acids is 1. The minimum Gasteiger partial charge on any atom is -0.478 e. The summed E-state index contributed by atoms with van der Waals surface area (Å²) >= 11 is 5.73. The van der Waals surface area contributed by atoms with Crippen LogP contribution >= 0.6 is 11.6 Å². The summed E-state index contributed by atoms with van der Waals surface area (Å²) in [6.45, 7) is 1.72. The first-order chi connectivity index (χ1) is 6.04. The highest BCUT2D eigenvalue weighted by atomic mass is 35.5. The Bertz CT molecular complexity index is 336. The average Bonchev–Trinajstić information content (AvgIpc) is 2.02. The highest BCUT2D eigenvalue weighted by Gasteiger charge is 2.15. The molecule has 3 nitrogen and oxygen atoms in total. The lowest BCUT2D eigenvalue weighted by Gasteiger charge is -2.10. The molecule has 0 aromatic heterocycles. The van der Waals surface area contributed by atoms with Gasteiger partial charge in [0.2, 0.25) is 0 Å². The van der Waals surface area contributed by atoms with Crippen molar-refractivity contribution in [2.45, 2.75) is 13.0 Å². The molecule has 0 radical (unpaired) electrons. The fourth-order valence-electron chi connectivity index (χ4n) is 1.15. The van der Waals surface area contributed by atoms with Crippen molar-refractivity contribution in [3.05, 3.63) is 34.3 Å². The largest absolute Gasteiger partial charge is 0.478 e. The van der Waals surface area contributed by atoms with Gasteiger partial charge in [0, 0.05) is 6.04 Å². The third kappa shape index (κ3) is 1.99. The van der Waals surface area contributed by atoms with E-state index in [0.717, 1.165) is 0 Å². The molecule has 0 spiro atoms. The van der Waals surface area contributed by atoms with Crippen molar-refractivity contribution < 1.29 is 9.90 Å². The quantitative estimate of drug-likeness (QED) is 0.767. The van der Waals surface area contributed by atoms with E-state index < -0.39 is 5.97 Å². The highest BCUT2D eigenvalue weighted by Crippen LogP contribution is 2.23. The van der Waals surface area contributed by atoms with Crippen molar-refractivity contribution in [2.24, 2.45) is 5.73 Å². The predicted molar refractivity (Wildman–Crippen MR) is 51.0 cm³/mol. The van der Waals surface area contributed by atoms with Gasteiger partial charge in [-0.2, -0.15) is 0 Å². The van der Waals surface area contributed by atoms with Crippen LogP contribution in [0.4, 0.5) is 0 Å². The molecule has 70 valence electrons. The van der Waals surface area contributed by atoms with Crippen LogP contribution in [-0.2, 0) is 0 Å². The third-order valence-electron chi connectivity index (χ3n) is 1.75. The Morgan fingerprint density at radius 3 is 2.62 bits per heavy atom. The molecule has 0 saturated carbocycles. The Morgan fingerprint density at radius 2 is 2.23 bits per heavy atom. The van der Waals surface area contributed by atoms with Crippen molar-refractivity contribution in [1.29, 1.82) is 0 Å².